The fourth-order valence-electron chi connectivity index (χ4n) is 9.05. The van der Waals surface area contributed by atoms with Gasteiger partial charge in [0.2, 0.25) is 5.79 Å². The first-order chi connectivity index (χ1) is 33.3. The second-order valence-corrected chi connectivity index (χ2v) is 17.3. The van der Waals surface area contributed by atoms with Crippen LogP contribution in [0.1, 0.15) is 27.0 Å². The Bertz CT molecular complexity index is 2260. The van der Waals surface area contributed by atoms with Gasteiger partial charge >= 0.3 is 5.97 Å². The van der Waals surface area contributed by atoms with E-state index in [1.54, 1.807) is 24.3 Å². The molecule has 3 aromatic rings. The maximum absolute atomic E-state index is 12.5. The zero-order valence-corrected chi connectivity index (χ0v) is 38.4. The van der Waals surface area contributed by atoms with Gasteiger partial charge in [-0.15, -0.1) is 0 Å². The first kappa shape index (κ1) is 62.1. The maximum Gasteiger partial charge on any atom is 0.340 e. The van der Waals surface area contributed by atoms with E-state index in [9.17, 15) is 86.5 Å². The second-order valence-electron chi connectivity index (χ2n) is 17.3. The van der Waals surface area contributed by atoms with Crippen molar-refractivity contribution in [3.05, 3.63) is 82.9 Å². The van der Waals surface area contributed by atoms with E-state index in [4.69, 9.17) is 42.6 Å². The fourth-order valence-corrected chi connectivity index (χ4v) is 9.05. The molecule has 0 aromatic heterocycles. The molecule has 6 aliphatic rings. The number of fused-ring (bicyclic) bond motifs is 6. The van der Waals surface area contributed by atoms with E-state index in [2.05, 4.69) is 0 Å². The van der Waals surface area contributed by atoms with Crippen LogP contribution in [-0.2, 0) is 43.5 Å². The van der Waals surface area contributed by atoms with E-state index in [0.717, 1.165) is 0 Å². The topological polar surface area (TPSA) is 550 Å². The van der Waals surface area contributed by atoms with Gasteiger partial charge in [-0.05, 0) is 30.3 Å². The van der Waals surface area contributed by atoms with Gasteiger partial charge in [0.05, 0.1) is 32.0 Å². The van der Waals surface area contributed by atoms with Gasteiger partial charge in [0.15, 0.2) is 24.5 Å². The van der Waals surface area contributed by atoms with Crippen LogP contribution in [0.4, 0.5) is 0 Å². The highest BCUT2D eigenvalue weighted by Gasteiger charge is 2.59. The Morgan fingerprint density at radius 1 is 0.500 bits per heavy atom. The van der Waals surface area contributed by atoms with Crippen molar-refractivity contribution in [2.75, 3.05) is 33.0 Å². The lowest BCUT2D eigenvalue weighted by Crippen LogP contribution is -2.64. The first-order valence-electron chi connectivity index (χ1n) is 21.8. The number of carbonyl (C=O) groups excluding carboxylic acids is 1. The molecule has 4 saturated heterocycles. The third-order valence-electron chi connectivity index (χ3n) is 12.9. The summed E-state index contributed by atoms with van der Waals surface area (Å²) in [6.07, 6.45) is -31.4. The van der Waals surface area contributed by atoms with Gasteiger partial charge in [-0.25, -0.2) is 4.79 Å². The Labute approximate surface area is 417 Å². The van der Waals surface area contributed by atoms with Gasteiger partial charge in [0.25, 0.3) is 0 Å². The molecule has 6 heterocycles. The predicted octanol–water partition coefficient (Wildman–Crippen LogP) is -9.38. The highest BCUT2D eigenvalue weighted by molar-refractivity contribution is 5.97. The largest absolute Gasteiger partial charge is 0.508 e. The van der Waals surface area contributed by atoms with Gasteiger partial charge in [-0.1, -0.05) is 18.2 Å². The number of phenols is 2. The van der Waals surface area contributed by atoms with Crippen LogP contribution < -0.4 is 4.74 Å². The lowest BCUT2D eigenvalue weighted by Gasteiger charge is -2.45. The standard InChI is InChI=1S/C24H42O21.C20H12O5.4H2O/c25-1-6-10(28)14(32)17(35)21(41-6)39-3-8-11(29)15(33)18(36)22(42-8)40-4-9-12(30)16(34)19(37)23(43-9)45-24(5-27)20(38)13(31)7(2-26)44-24;21-11-5-7-15-17(9-11)24-18-10-12(22)6-8-16(18)20(15)14-4-2-1-3-13(14)19(23)25-20;;;;/h6-23,25-38H,1-5H2;1-10,21-22H;4*1H2/t6-,7-,8-,9-,10+,11+,12-,13-,14+,15+,16+,17-,18-,19-,20+,21+,22+,23-,24+;;;;;/m1...../s1. The van der Waals surface area contributed by atoms with Crippen molar-refractivity contribution in [2.45, 2.75) is 122 Å². The van der Waals surface area contributed by atoms with Crippen molar-refractivity contribution in [3.63, 3.8) is 0 Å². The molecule has 74 heavy (non-hydrogen) atoms. The molecule has 1 spiro atoms. The summed E-state index contributed by atoms with van der Waals surface area (Å²) in [7, 11) is 0. The number of ether oxygens (including phenoxy) is 9. The van der Waals surface area contributed by atoms with Gasteiger partial charge in [-0.3, -0.25) is 0 Å². The van der Waals surface area contributed by atoms with E-state index in [1.165, 1.54) is 24.3 Å². The minimum atomic E-state index is -2.43. The third-order valence-corrected chi connectivity index (χ3v) is 12.9. The Morgan fingerprint density at radius 2 is 0.946 bits per heavy atom. The summed E-state index contributed by atoms with van der Waals surface area (Å²) in [6.45, 7) is -4.02. The van der Waals surface area contributed by atoms with E-state index < -0.39 is 161 Å². The minimum absolute atomic E-state index is 0. The number of hydrogen-bond acceptors (Lipinski definition) is 26. The van der Waals surface area contributed by atoms with Crippen LogP contribution in [-0.4, -0.2) is 259 Å². The lowest BCUT2D eigenvalue weighted by molar-refractivity contribution is -0.388. The predicted molar refractivity (Wildman–Crippen MR) is 236 cm³/mol. The number of phenolic OH excluding ortho intramolecular Hbond substituents is 2. The quantitative estimate of drug-likeness (QED) is 0.0793. The lowest BCUT2D eigenvalue weighted by atomic mass is 9.77. The number of aromatic hydroxyl groups is 2. The summed E-state index contributed by atoms with van der Waals surface area (Å²) in [5.41, 5.74) is 1.28. The molecule has 19 atom stereocenters. The molecule has 0 amide bonds. The zero-order valence-electron chi connectivity index (χ0n) is 38.4. The Morgan fingerprint density at radius 3 is 1.42 bits per heavy atom. The highest BCUT2D eigenvalue weighted by Crippen LogP contribution is 2.57. The Kier molecular flexibility index (Phi) is 20.7. The molecular weight excluding hydrogens is 1010 g/mol. The number of carbonyl (C=O) groups is 1. The van der Waals surface area contributed by atoms with E-state index in [1.807, 2.05) is 12.1 Å². The van der Waals surface area contributed by atoms with Crippen molar-refractivity contribution >= 4 is 5.97 Å². The van der Waals surface area contributed by atoms with Crippen LogP contribution in [0.5, 0.6) is 23.0 Å². The van der Waals surface area contributed by atoms with Crippen LogP contribution in [0, 0.1) is 0 Å². The number of aliphatic hydroxyl groups is 14. The average Bonchev–Trinajstić information content (AvgIpc) is 3.78. The molecule has 3 aromatic carbocycles. The van der Waals surface area contributed by atoms with Gasteiger partial charge in [0, 0.05) is 28.8 Å². The molecule has 0 radical (unpaired) electrons. The molecule has 30 nitrogen and oxygen atoms in total. The summed E-state index contributed by atoms with van der Waals surface area (Å²) in [4.78, 5) is 12.5. The Balaban J connectivity index is 0.000000346. The van der Waals surface area contributed by atoms with Crippen LogP contribution >= 0.6 is 0 Å². The van der Waals surface area contributed by atoms with Crippen molar-refractivity contribution in [1.82, 2.24) is 0 Å². The molecule has 0 bridgehead atoms. The highest BCUT2D eigenvalue weighted by atomic mass is 16.8. The van der Waals surface area contributed by atoms with Gasteiger partial charge in [0.1, 0.15) is 121 Å². The number of aliphatic hydroxyl groups excluding tert-OH is 14. The van der Waals surface area contributed by atoms with E-state index >= 15 is 0 Å². The molecule has 30 heteroatoms. The summed E-state index contributed by atoms with van der Waals surface area (Å²) < 4.78 is 49.4. The minimum Gasteiger partial charge on any atom is -0.508 e. The summed E-state index contributed by atoms with van der Waals surface area (Å²) in [5.74, 6) is -2.02. The molecule has 0 unspecified atom stereocenters. The molecule has 0 saturated carbocycles. The molecule has 9 rings (SSSR count). The third kappa shape index (κ3) is 11.0. The molecule has 418 valence electrons. The van der Waals surface area contributed by atoms with Crippen LogP contribution in [0.3, 0.4) is 0 Å². The zero-order chi connectivity index (χ0) is 50.6. The van der Waals surface area contributed by atoms with Crippen LogP contribution in [0.15, 0.2) is 60.7 Å². The molecule has 6 aliphatic heterocycles. The van der Waals surface area contributed by atoms with E-state index in [0.29, 0.717) is 33.8 Å². The molecule has 4 fully saturated rings. The summed E-state index contributed by atoms with van der Waals surface area (Å²) >= 11 is 0. The van der Waals surface area contributed by atoms with Crippen molar-refractivity contribution in [1.29, 1.82) is 0 Å². The molecular formula is C44H62O30. The van der Waals surface area contributed by atoms with E-state index in [-0.39, 0.29) is 33.4 Å². The summed E-state index contributed by atoms with van der Waals surface area (Å²) in [6, 6.07) is 16.6. The average molecular weight is 1070 g/mol. The Hall–Kier alpha value is -4.47. The number of esters is 1. The first-order valence-corrected chi connectivity index (χ1v) is 21.8. The number of rotatable bonds is 11. The van der Waals surface area contributed by atoms with Gasteiger partial charge < -0.3 is 146 Å². The second kappa shape index (κ2) is 24.7. The van der Waals surface area contributed by atoms with Crippen LogP contribution in [0.25, 0.3) is 0 Å². The summed E-state index contributed by atoms with van der Waals surface area (Å²) in [5, 5.41) is 161. The monoisotopic (exact) mass is 1070 g/mol. The number of benzene rings is 3. The smallest absolute Gasteiger partial charge is 0.340 e. The van der Waals surface area contributed by atoms with Gasteiger partial charge in [-0.2, -0.15) is 0 Å². The maximum atomic E-state index is 12.5. The SMILES string of the molecule is O.O.O.O.O=C1OC2(c3ccc(O)cc3Oc3cc(O)ccc32)c2ccccc21.OC[C@H]1O[C@H](OC[C@H]2O[C@H](OC[C@H]3O[C@H](O[C@]4(CO)O[C@H](CO)[C@@H](O)[C@@H]4O)[C@H](O)[C@@H](O)[C@@H]3O)[C@H](O)[C@@H](O)[C@H]2O)[C@H](O)[C@@H](O)[C@H]1O. The molecule has 24 N–H and O–H groups in total. The molecule has 0 aliphatic carbocycles. The van der Waals surface area contributed by atoms with Crippen molar-refractivity contribution in [2.24, 2.45) is 0 Å². The van der Waals surface area contributed by atoms with Crippen LogP contribution in [0.2, 0.25) is 0 Å². The van der Waals surface area contributed by atoms with Crippen molar-refractivity contribution < 1.29 is 151 Å². The fraction of sp³-hybridized carbons (Fsp3) is 0.568. The number of hydrogen-bond donors (Lipinski definition) is 16. The van der Waals surface area contributed by atoms with Crippen molar-refractivity contribution in [3.8, 4) is 23.0 Å². The normalized spacial score (nSPS) is 37.4.